The fourth-order valence-corrected chi connectivity index (χ4v) is 4.02. The van der Waals surface area contributed by atoms with Crippen LogP contribution in [0.3, 0.4) is 0 Å². The highest BCUT2D eigenvalue weighted by molar-refractivity contribution is 5.94. The molecule has 0 aliphatic carbocycles. The van der Waals surface area contributed by atoms with Crippen LogP contribution in [0.25, 0.3) is 0 Å². The van der Waals surface area contributed by atoms with E-state index < -0.39 is 0 Å². The van der Waals surface area contributed by atoms with Gasteiger partial charge in [0.2, 0.25) is 0 Å². The van der Waals surface area contributed by atoms with Crippen LogP contribution in [-0.4, -0.2) is 59.6 Å². The molecule has 0 amide bonds. The molecule has 2 atom stereocenters. The standard InChI is InChI=1S/C19H26N2O2/c1-14(22)11-21-13-18-10-19(21)12-20(18)8-4-6-16-5-3-7-17(9-16)15(2)23/h3,5,7,9,18-19H,4,6,8,10-13H2,1-2H3. The molecule has 23 heavy (non-hydrogen) atoms. The Morgan fingerprint density at radius 1 is 1.13 bits per heavy atom. The molecule has 124 valence electrons. The van der Waals surface area contributed by atoms with Crippen LogP contribution in [0.4, 0.5) is 0 Å². The molecule has 0 radical (unpaired) electrons. The number of fused-ring (bicyclic) bond motifs is 2. The van der Waals surface area contributed by atoms with Crippen LogP contribution in [0.2, 0.25) is 0 Å². The van der Waals surface area contributed by atoms with E-state index in [-0.39, 0.29) is 11.6 Å². The molecule has 2 bridgehead atoms. The predicted octanol–water partition coefficient (Wildman–Crippen LogP) is 2.17. The molecule has 1 aromatic rings. The van der Waals surface area contributed by atoms with Crippen LogP contribution in [0.1, 0.15) is 42.6 Å². The van der Waals surface area contributed by atoms with Crippen LogP contribution in [-0.2, 0) is 11.2 Å². The van der Waals surface area contributed by atoms with E-state index in [0.29, 0.717) is 18.6 Å². The molecule has 0 saturated carbocycles. The molecule has 2 aliphatic rings. The Labute approximate surface area is 138 Å². The third kappa shape index (κ3) is 3.88. The monoisotopic (exact) mass is 314 g/mol. The van der Waals surface area contributed by atoms with E-state index in [1.165, 1.54) is 12.0 Å². The molecule has 0 aromatic heterocycles. The summed E-state index contributed by atoms with van der Waals surface area (Å²) in [5.74, 6) is 0.406. The van der Waals surface area contributed by atoms with E-state index in [2.05, 4.69) is 15.9 Å². The Morgan fingerprint density at radius 3 is 2.52 bits per heavy atom. The van der Waals surface area contributed by atoms with E-state index in [9.17, 15) is 9.59 Å². The van der Waals surface area contributed by atoms with E-state index in [1.54, 1.807) is 13.8 Å². The van der Waals surface area contributed by atoms with Gasteiger partial charge < -0.3 is 0 Å². The van der Waals surface area contributed by atoms with Crippen molar-refractivity contribution in [3.05, 3.63) is 35.4 Å². The van der Waals surface area contributed by atoms with Crippen molar-refractivity contribution in [3.63, 3.8) is 0 Å². The second kappa shape index (κ2) is 6.93. The quantitative estimate of drug-likeness (QED) is 0.723. The smallest absolute Gasteiger partial charge is 0.159 e. The number of rotatable bonds is 7. The Hall–Kier alpha value is -1.52. The molecule has 4 nitrogen and oxygen atoms in total. The number of hydrogen-bond donors (Lipinski definition) is 0. The first-order chi connectivity index (χ1) is 11.0. The number of carbonyl (C=O) groups excluding carboxylic acids is 2. The zero-order valence-electron chi connectivity index (χ0n) is 14.1. The number of nitrogens with zero attached hydrogens (tertiary/aromatic N) is 2. The summed E-state index contributed by atoms with van der Waals surface area (Å²) >= 11 is 0. The summed E-state index contributed by atoms with van der Waals surface area (Å²) < 4.78 is 0. The first kappa shape index (κ1) is 16.3. The predicted molar refractivity (Wildman–Crippen MR) is 90.8 cm³/mol. The molecular weight excluding hydrogens is 288 g/mol. The van der Waals surface area contributed by atoms with Gasteiger partial charge in [-0.15, -0.1) is 0 Å². The van der Waals surface area contributed by atoms with Crippen molar-refractivity contribution < 1.29 is 9.59 Å². The molecule has 2 fully saturated rings. The van der Waals surface area contributed by atoms with Crippen molar-refractivity contribution in [2.45, 2.75) is 45.2 Å². The zero-order chi connectivity index (χ0) is 16.4. The number of ketones is 2. The lowest BCUT2D eigenvalue weighted by Crippen LogP contribution is -2.47. The molecule has 2 aliphatic heterocycles. The average molecular weight is 314 g/mol. The Morgan fingerprint density at radius 2 is 1.87 bits per heavy atom. The second-order valence-corrected chi connectivity index (χ2v) is 7.03. The van der Waals surface area contributed by atoms with Crippen LogP contribution in [0.5, 0.6) is 0 Å². The maximum Gasteiger partial charge on any atom is 0.159 e. The summed E-state index contributed by atoms with van der Waals surface area (Å²) in [7, 11) is 0. The molecule has 2 unspecified atom stereocenters. The van der Waals surface area contributed by atoms with Gasteiger partial charge in [-0.25, -0.2) is 0 Å². The van der Waals surface area contributed by atoms with Gasteiger partial charge in [0.25, 0.3) is 0 Å². The maximum atomic E-state index is 11.4. The molecule has 0 spiro atoms. The molecule has 2 saturated heterocycles. The molecular formula is C19H26N2O2. The molecule has 1 aromatic carbocycles. The SMILES string of the molecule is CC(=O)CN1CC2CC1CN2CCCc1cccc(C(C)=O)c1. The Kier molecular flexibility index (Phi) is 4.93. The third-order valence-corrected chi connectivity index (χ3v) is 5.14. The van der Waals surface area contributed by atoms with Gasteiger partial charge in [0.1, 0.15) is 5.78 Å². The summed E-state index contributed by atoms with van der Waals surface area (Å²) in [6.07, 6.45) is 3.36. The lowest BCUT2D eigenvalue weighted by atomic mass is 10.0. The summed E-state index contributed by atoms with van der Waals surface area (Å²) in [5.41, 5.74) is 2.06. The van der Waals surface area contributed by atoms with Crippen LogP contribution in [0.15, 0.2) is 24.3 Å². The minimum Gasteiger partial charge on any atom is -0.299 e. The number of aryl methyl sites for hydroxylation is 1. The lowest BCUT2D eigenvalue weighted by Gasteiger charge is -2.33. The van der Waals surface area contributed by atoms with Crippen LogP contribution >= 0.6 is 0 Å². The fraction of sp³-hybridized carbons (Fsp3) is 0.579. The minimum absolute atomic E-state index is 0.134. The fourth-order valence-electron chi connectivity index (χ4n) is 4.02. The summed E-state index contributed by atoms with van der Waals surface area (Å²) in [6, 6.07) is 9.19. The number of carbonyl (C=O) groups is 2. The number of likely N-dealkylation sites (tertiary alicyclic amines) is 2. The van der Waals surface area contributed by atoms with Gasteiger partial charge in [-0.2, -0.15) is 0 Å². The Bertz CT molecular complexity index is 599. The second-order valence-electron chi connectivity index (χ2n) is 7.03. The largest absolute Gasteiger partial charge is 0.299 e. The highest BCUT2D eigenvalue weighted by atomic mass is 16.1. The van der Waals surface area contributed by atoms with Gasteiger partial charge in [0, 0.05) is 30.7 Å². The van der Waals surface area contributed by atoms with Crippen molar-refractivity contribution in [3.8, 4) is 0 Å². The first-order valence-corrected chi connectivity index (χ1v) is 8.60. The van der Waals surface area contributed by atoms with Crippen LogP contribution < -0.4 is 0 Å². The third-order valence-electron chi connectivity index (χ3n) is 5.14. The van der Waals surface area contributed by atoms with Gasteiger partial charge in [-0.3, -0.25) is 19.4 Å². The van der Waals surface area contributed by atoms with E-state index in [4.69, 9.17) is 0 Å². The number of benzene rings is 1. The van der Waals surface area contributed by atoms with E-state index in [0.717, 1.165) is 38.0 Å². The molecule has 3 rings (SSSR count). The molecule has 2 heterocycles. The van der Waals surface area contributed by atoms with Crippen LogP contribution in [0, 0.1) is 0 Å². The minimum atomic E-state index is 0.134. The summed E-state index contributed by atoms with van der Waals surface area (Å²) in [4.78, 5) is 27.6. The number of hydrogen-bond acceptors (Lipinski definition) is 4. The highest BCUT2D eigenvalue weighted by Gasteiger charge is 2.42. The summed E-state index contributed by atoms with van der Waals surface area (Å²) in [5, 5.41) is 0. The average Bonchev–Trinajstić information content (AvgIpc) is 3.06. The maximum absolute atomic E-state index is 11.4. The topological polar surface area (TPSA) is 40.6 Å². The van der Waals surface area contributed by atoms with Crippen molar-refractivity contribution in [1.82, 2.24) is 9.80 Å². The van der Waals surface area contributed by atoms with Gasteiger partial charge in [-0.1, -0.05) is 18.2 Å². The van der Waals surface area contributed by atoms with Gasteiger partial charge >= 0.3 is 0 Å². The number of piperazine rings is 1. The molecule has 0 N–H and O–H groups in total. The first-order valence-electron chi connectivity index (χ1n) is 8.60. The van der Waals surface area contributed by atoms with Crippen molar-refractivity contribution >= 4 is 11.6 Å². The summed E-state index contributed by atoms with van der Waals surface area (Å²) in [6.45, 7) is 7.17. The van der Waals surface area contributed by atoms with Gasteiger partial charge in [0.05, 0.1) is 6.54 Å². The zero-order valence-corrected chi connectivity index (χ0v) is 14.1. The normalized spacial score (nSPS) is 24.3. The van der Waals surface area contributed by atoms with E-state index >= 15 is 0 Å². The Balaban J connectivity index is 1.45. The van der Waals surface area contributed by atoms with Gasteiger partial charge in [0.15, 0.2) is 5.78 Å². The highest BCUT2D eigenvalue weighted by Crippen LogP contribution is 2.30. The molecule has 4 heteroatoms. The lowest BCUT2D eigenvalue weighted by molar-refractivity contribution is -0.118. The number of Topliss-reactive ketones (excluding diaryl/α,β-unsaturated/α-hetero) is 2. The van der Waals surface area contributed by atoms with Crippen molar-refractivity contribution in [2.75, 3.05) is 26.2 Å². The van der Waals surface area contributed by atoms with E-state index in [1.807, 2.05) is 18.2 Å². The van der Waals surface area contributed by atoms with Crippen molar-refractivity contribution in [1.29, 1.82) is 0 Å². The van der Waals surface area contributed by atoms with Gasteiger partial charge in [-0.05, 0) is 51.3 Å². The van der Waals surface area contributed by atoms with Crippen molar-refractivity contribution in [2.24, 2.45) is 0 Å².